The van der Waals surface area contributed by atoms with Gasteiger partial charge < -0.3 is 9.84 Å². The zero-order valence-electron chi connectivity index (χ0n) is 21.6. The molecule has 0 bridgehead atoms. The van der Waals surface area contributed by atoms with Crippen LogP contribution in [0.3, 0.4) is 0 Å². The summed E-state index contributed by atoms with van der Waals surface area (Å²) in [4.78, 5) is 11.6. The molecule has 0 heterocycles. The van der Waals surface area contributed by atoms with Crippen molar-refractivity contribution in [2.24, 2.45) is 0 Å². The first-order chi connectivity index (χ1) is 16.0. The molecule has 182 valence electrons. The molecule has 0 aliphatic carbocycles. The molecule has 0 aromatic heterocycles. The number of carboxylic acid groups (broad SMARTS) is 1. The summed E-state index contributed by atoms with van der Waals surface area (Å²) in [6, 6.07) is 8.76. The molecule has 0 atom stereocenters. The second-order valence-corrected chi connectivity index (χ2v) is 9.13. The standard InChI is InChI=1S/C30H44O3/c1-6-11-17-22-18-13-20-26(23(22)19-12-7-2)28-21-29(33-30(31)32)27(16-10-5)24(14-8-3)25(28)15-9-4/h13,18,20-21H,6-12,14-17,19H2,1-5H3,(H,31,32). The molecule has 0 amide bonds. The summed E-state index contributed by atoms with van der Waals surface area (Å²) >= 11 is 0. The van der Waals surface area contributed by atoms with Crippen LogP contribution in [-0.2, 0) is 32.1 Å². The van der Waals surface area contributed by atoms with Crippen molar-refractivity contribution in [2.75, 3.05) is 0 Å². The van der Waals surface area contributed by atoms with Gasteiger partial charge in [0.25, 0.3) is 0 Å². The zero-order valence-corrected chi connectivity index (χ0v) is 21.6. The predicted octanol–water partition coefficient (Wildman–Crippen LogP) is 8.95. The summed E-state index contributed by atoms with van der Waals surface area (Å²) in [7, 11) is 0. The highest BCUT2D eigenvalue weighted by Crippen LogP contribution is 2.40. The Morgan fingerprint density at radius 3 is 1.91 bits per heavy atom. The lowest BCUT2D eigenvalue weighted by Crippen LogP contribution is -2.11. The first-order valence-electron chi connectivity index (χ1n) is 13.2. The van der Waals surface area contributed by atoms with Gasteiger partial charge in [0.2, 0.25) is 0 Å². The Hall–Kier alpha value is -2.29. The van der Waals surface area contributed by atoms with Crippen molar-refractivity contribution in [3.05, 3.63) is 52.1 Å². The van der Waals surface area contributed by atoms with Gasteiger partial charge in [-0.25, -0.2) is 4.79 Å². The van der Waals surface area contributed by atoms with E-state index in [1.807, 2.05) is 6.07 Å². The normalized spacial score (nSPS) is 11.1. The van der Waals surface area contributed by atoms with E-state index in [-0.39, 0.29) is 0 Å². The Balaban J connectivity index is 2.86. The topological polar surface area (TPSA) is 46.5 Å². The molecule has 0 saturated heterocycles. The Kier molecular flexibility index (Phi) is 11.5. The van der Waals surface area contributed by atoms with Crippen LogP contribution in [0.15, 0.2) is 24.3 Å². The van der Waals surface area contributed by atoms with Gasteiger partial charge >= 0.3 is 6.16 Å². The van der Waals surface area contributed by atoms with Gasteiger partial charge in [0, 0.05) is 0 Å². The van der Waals surface area contributed by atoms with Gasteiger partial charge in [-0.2, -0.15) is 0 Å². The van der Waals surface area contributed by atoms with Crippen molar-refractivity contribution in [1.29, 1.82) is 0 Å². The molecule has 0 saturated carbocycles. The molecule has 3 heteroatoms. The van der Waals surface area contributed by atoms with Crippen LogP contribution in [-0.4, -0.2) is 11.3 Å². The molecule has 0 aliphatic rings. The van der Waals surface area contributed by atoms with Crippen molar-refractivity contribution in [3.63, 3.8) is 0 Å². The summed E-state index contributed by atoms with van der Waals surface area (Å²) in [5, 5.41) is 9.50. The van der Waals surface area contributed by atoms with Crippen molar-refractivity contribution in [2.45, 2.75) is 112 Å². The van der Waals surface area contributed by atoms with Crippen molar-refractivity contribution in [3.8, 4) is 16.9 Å². The average molecular weight is 453 g/mol. The third kappa shape index (κ3) is 7.09. The van der Waals surface area contributed by atoms with E-state index < -0.39 is 6.16 Å². The van der Waals surface area contributed by atoms with E-state index in [9.17, 15) is 9.90 Å². The predicted molar refractivity (Wildman–Crippen MR) is 140 cm³/mol. The maximum absolute atomic E-state index is 11.6. The maximum atomic E-state index is 11.6. The van der Waals surface area contributed by atoms with Crippen molar-refractivity contribution in [1.82, 2.24) is 0 Å². The molecule has 1 N–H and O–H groups in total. The van der Waals surface area contributed by atoms with Crippen LogP contribution in [0, 0.1) is 0 Å². The summed E-state index contributed by atoms with van der Waals surface area (Å²) in [5.41, 5.74) is 9.14. The fourth-order valence-corrected chi connectivity index (χ4v) is 4.97. The lowest BCUT2D eigenvalue weighted by molar-refractivity contribution is 0.144. The van der Waals surface area contributed by atoms with Crippen LogP contribution >= 0.6 is 0 Å². The van der Waals surface area contributed by atoms with E-state index in [1.54, 1.807) is 0 Å². The number of carbonyl (C=O) groups is 1. The number of rotatable bonds is 14. The second-order valence-electron chi connectivity index (χ2n) is 9.13. The van der Waals surface area contributed by atoms with E-state index in [2.05, 4.69) is 52.8 Å². The number of benzene rings is 2. The molecular weight excluding hydrogens is 408 g/mol. The Morgan fingerprint density at radius 1 is 0.697 bits per heavy atom. The van der Waals surface area contributed by atoms with E-state index in [1.165, 1.54) is 46.2 Å². The molecule has 3 nitrogen and oxygen atoms in total. The zero-order chi connectivity index (χ0) is 24.2. The van der Waals surface area contributed by atoms with E-state index in [0.717, 1.165) is 69.8 Å². The minimum absolute atomic E-state index is 0.531. The van der Waals surface area contributed by atoms with Gasteiger partial charge in [-0.3, -0.25) is 0 Å². The number of ether oxygens (including phenoxy) is 1. The molecule has 0 spiro atoms. The number of aryl methyl sites for hydroxylation is 1. The van der Waals surface area contributed by atoms with E-state index in [4.69, 9.17) is 4.74 Å². The third-order valence-corrected chi connectivity index (χ3v) is 6.47. The summed E-state index contributed by atoms with van der Waals surface area (Å²) in [5.74, 6) is 0.531. The van der Waals surface area contributed by atoms with Gasteiger partial charge in [0.15, 0.2) is 0 Å². The van der Waals surface area contributed by atoms with Gasteiger partial charge in [-0.05, 0) is 90.0 Å². The highest BCUT2D eigenvalue weighted by molar-refractivity contribution is 5.77. The smallest absolute Gasteiger partial charge is 0.449 e. The average Bonchev–Trinajstić information content (AvgIpc) is 2.79. The Labute approximate surface area is 201 Å². The third-order valence-electron chi connectivity index (χ3n) is 6.47. The monoisotopic (exact) mass is 452 g/mol. The lowest BCUT2D eigenvalue weighted by Gasteiger charge is -2.24. The summed E-state index contributed by atoms with van der Waals surface area (Å²) < 4.78 is 5.41. The molecule has 2 rings (SSSR count). The molecule has 0 fully saturated rings. The Bertz CT molecular complexity index is 898. The van der Waals surface area contributed by atoms with Gasteiger partial charge in [0.05, 0.1) is 0 Å². The van der Waals surface area contributed by atoms with Gasteiger partial charge in [0.1, 0.15) is 5.75 Å². The molecule has 0 unspecified atom stereocenters. The van der Waals surface area contributed by atoms with E-state index in [0.29, 0.717) is 5.75 Å². The van der Waals surface area contributed by atoms with Crippen LogP contribution < -0.4 is 4.74 Å². The van der Waals surface area contributed by atoms with Crippen molar-refractivity contribution < 1.29 is 14.6 Å². The molecule has 33 heavy (non-hydrogen) atoms. The highest BCUT2D eigenvalue weighted by atomic mass is 16.7. The fourth-order valence-electron chi connectivity index (χ4n) is 4.97. The van der Waals surface area contributed by atoms with Crippen LogP contribution in [0.4, 0.5) is 4.79 Å². The van der Waals surface area contributed by atoms with Crippen LogP contribution in [0.5, 0.6) is 5.75 Å². The highest BCUT2D eigenvalue weighted by Gasteiger charge is 2.22. The SMILES string of the molecule is CCCCc1cccc(-c2cc(OC(=O)O)c(CCC)c(CCC)c2CCC)c1CCCC. The molecule has 0 aliphatic heterocycles. The fraction of sp³-hybridized carbons (Fsp3) is 0.567. The first-order valence-corrected chi connectivity index (χ1v) is 13.2. The lowest BCUT2D eigenvalue weighted by atomic mass is 9.82. The maximum Gasteiger partial charge on any atom is 0.511 e. The minimum Gasteiger partial charge on any atom is -0.449 e. The number of unbranched alkanes of at least 4 members (excludes halogenated alkanes) is 2. The first kappa shape index (κ1) is 27.0. The molecular formula is C30H44O3. The Morgan fingerprint density at radius 2 is 1.30 bits per heavy atom. The largest absolute Gasteiger partial charge is 0.511 e. The second kappa shape index (κ2) is 14.1. The van der Waals surface area contributed by atoms with Gasteiger partial charge in [-0.1, -0.05) is 84.9 Å². The number of hydrogen-bond acceptors (Lipinski definition) is 2. The molecule has 2 aromatic rings. The summed E-state index contributed by atoms with van der Waals surface area (Å²) in [6.07, 6.45) is 11.5. The summed E-state index contributed by atoms with van der Waals surface area (Å²) in [6.45, 7) is 11.1. The van der Waals surface area contributed by atoms with Crippen LogP contribution in [0.25, 0.3) is 11.1 Å². The quantitative estimate of drug-likeness (QED) is 0.230. The van der Waals surface area contributed by atoms with Crippen LogP contribution in [0.1, 0.15) is 107 Å². The van der Waals surface area contributed by atoms with Gasteiger partial charge in [-0.15, -0.1) is 0 Å². The molecule has 2 aromatic carbocycles. The van der Waals surface area contributed by atoms with Crippen molar-refractivity contribution >= 4 is 6.16 Å². The number of hydrogen-bond donors (Lipinski definition) is 1. The molecule has 0 radical (unpaired) electrons. The van der Waals surface area contributed by atoms with E-state index >= 15 is 0 Å². The minimum atomic E-state index is -1.23. The van der Waals surface area contributed by atoms with Crippen LogP contribution in [0.2, 0.25) is 0 Å².